The Labute approximate surface area is 150 Å². The molecule has 0 atom stereocenters. The Morgan fingerprint density at radius 2 is 1.48 bits per heavy atom. The van der Waals surface area contributed by atoms with Crippen LogP contribution in [0.5, 0.6) is 0 Å². The molecule has 0 aliphatic rings. The van der Waals surface area contributed by atoms with Crippen molar-refractivity contribution in [3.8, 4) is 23.0 Å². The lowest BCUT2D eigenvalue weighted by atomic mass is 9.94. The molecule has 1 heteroatoms. The van der Waals surface area contributed by atoms with Gasteiger partial charge in [0.15, 0.2) is 0 Å². The Morgan fingerprint density at radius 1 is 0.760 bits per heavy atom. The number of nitrogens with zero attached hydrogens (tertiary/aromatic N) is 1. The molecule has 0 aliphatic carbocycles. The Bertz CT molecular complexity index is 894. The maximum atomic E-state index is 3.36. The summed E-state index contributed by atoms with van der Waals surface area (Å²) >= 11 is 0. The lowest BCUT2D eigenvalue weighted by molar-refractivity contribution is 0.402. The highest BCUT2D eigenvalue weighted by atomic mass is 15.0. The van der Waals surface area contributed by atoms with Crippen LogP contribution in [0.2, 0.25) is 0 Å². The lowest BCUT2D eigenvalue weighted by Crippen LogP contribution is -2.10. The van der Waals surface area contributed by atoms with Crippen molar-refractivity contribution in [3.05, 3.63) is 95.1 Å². The first-order valence-corrected chi connectivity index (χ1v) is 8.54. The molecule has 0 spiro atoms. The first-order valence-electron chi connectivity index (χ1n) is 8.54. The van der Waals surface area contributed by atoms with Crippen LogP contribution in [0.25, 0.3) is 11.1 Å². The molecule has 0 radical (unpaired) electrons. The second-order valence-corrected chi connectivity index (χ2v) is 6.55. The van der Waals surface area contributed by atoms with E-state index in [1.54, 1.807) is 0 Å². The van der Waals surface area contributed by atoms with Gasteiger partial charge in [-0.3, -0.25) is 0 Å². The van der Waals surface area contributed by atoms with Gasteiger partial charge in [0.05, 0.1) is 0 Å². The summed E-state index contributed by atoms with van der Waals surface area (Å²) in [6.07, 6.45) is 0. The molecule has 0 saturated heterocycles. The zero-order valence-corrected chi connectivity index (χ0v) is 15.1. The first-order chi connectivity index (χ1) is 12.1. The third-order valence-electron chi connectivity index (χ3n) is 4.13. The van der Waals surface area contributed by atoms with Crippen LogP contribution in [0.4, 0.5) is 0 Å². The summed E-state index contributed by atoms with van der Waals surface area (Å²) in [6, 6.07) is 25.3. The summed E-state index contributed by atoms with van der Waals surface area (Å²) in [4.78, 5) is 2.18. The van der Waals surface area contributed by atoms with Crippen molar-refractivity contribution >= 4 is 0 Å². The molecule has 0 heterocycles. The van der Waals surface area contributed by atoms with Gasteiger partial charge in [0.25, 0.3) is 0 Å². The zero-order chi connectivity index (χ0) is 17.6. The third-order valence-corrected chi connectivity index (χ3v) is 4.13. The monoisotopic (exact) mass is 325 g/mol. The fourth-order valence-corrected chi connectivity index (χ4v) is 2.96. The second-order valence-electron chi connectivity index (χ2n) is 6.55. The van der Waals surface area contributed by atoms with Gasteiger partial charge in [0, 0.05) is 23.2 Å². The van der Waals surface area contributed by atoms with Crippen LogP contribution in [-0.2, 0) is 6.54 Å². The van der Waals surface area contributed by atoms with Gasteiger partial charge >= 0.3 is 0 Å². The minimum atomic E-state index is 0.953. The quantitative estimate of drug-likeness (QED) is 0.604. The van der Waals surface area contributed by atoms with Gasteiger partial charge in [-0.1, -0.05) is 66.4 Å². The molecule has 0 fully saturated rings. The first kappa shape index (κ1) is 17.0. The fourth-order valence-electron chi connectivity index (χ4n) is 2.96. The van der Waals surface area contributed by atoms with E-state index >= 15 is 0 Å². The predicted molar refractivity (Wildman–Crippen MR) is 106 cm³/mol. The van der Waals surface area contributed by atoms with E-state index in [2.05, 4.69) is 80.2 Å². The second kappa shape index (κ2) is 7.83. The van der Waals surface area contributed by atoms with Crippen LogP contribution in [0.1, 0.15) is 22.3 Å². The van der Waals surface area contributed by atoms with Gasteiger partial charge in [-0.2, -0.15) is 0 Å². The molecule has 0 saturated carbocycles. The predicted octanol–water partition coefficient (Wildman–Crippen LogP) is 5.12. The minimum absolute atomic E-state index is 0.953. The van der Waals surface area contributed by atoms with Crippen LogP contribution in [0.3, 0.4) is 0 Å². The summed E-state index contributed by atoms with van der Waals surface area (Å²) in [6.45, 7) is 3.10. The van der Waals surface area contributed by atoms with Crippen LogP contribution in [0.15, 0.2) is 72.8 Å². The van der Waals surface area contributed by atoms with Gasteiger partial charge in [0.2, 0.25) is 0 Å². The van der Waals surface area contributed by atoms with Gasteiger partial charge in [0.1, 0.15) is 0 Å². The summed E-state index contributed by atoms with van der Waals surface area (Å²) in [7, 11) is 4.18. The molecule has 3 aromatic carbocycles. The molecular weight excluding hydrogens is 302 g/mol. The van der Waals surface area contributed by atoms with Crippen molar-refractivity contribution in [1.29, 1.82) is 0 Å². The third kappa shape index (κ3) is 4.38. The van der Waals surface area contributed by atoms with E-state index in [-0.39, 0.29) is 0 Å². The summed E-state index contributed by atoms with van der Waals surface area (Å²) in [5, 5.41) is 0. The van der Waals surface area contributed by atoms with Crippen molar-refractivity contribution < 1.29 is 0 Å². The number of hydrogen-bond donors (Lipinski definition) is 0. The topological polar surface area (TPSA) is 3.24 Å². The normalized spacial score (nSPS) is 10.4. The van der Waals surface area contributed by atoms with Gasteiger partial charge in [-0.05, 0) is 55.9 Å². The highest BCUT2D eigenvalue weighted by Gasteiger charge is 2.07. The van der Waals surface area contributed by atoms with E-state index in [4.69, 9.17) is 0 Å². The fraction of sp³-hybridized carbons (Fsp3) is 0.167. The summed E-state index contributed by atoms with van der Waals surface area (Å²) < 4.78 is 0. The molecule has 3 rings (SSSR count). The van der Waals surface area contributed by atoms with Crippen molar-refractivity contribution in [2.24, 2.45) is 0 Å². The molecule has 0 unspecified atom stereocenters. The van der Waals surface area contributed by atoms with Crippen molar-refractivity contribution in [1.82, 2.24) is 4.90 Å². The van der Waals surface area contributed by atoms with E-state index in [1.807, 2.05) is 30.3 Å². The molecule has 0 aromatic heterocycles. The molecule has 1 nitrogen and oxygen atoms in total. The van der Waals surface area contributed by atoms with Crippen LogP contribution in [0, 0.1) is 18.8 Å². The smallest absolute Gasteiger partial charge is 0.0330 e. The zero-order valence-electron chi connectivity index (χ0n) is 15.1. The number of hydrogen-bond acceptors (Lipinski definition) is 1. The number of benzene rings is 3. The lowest BCUT2D eigenvalue weighted by Gasteiger charge is -2.12. The Kier molecular flexibility index (Phi) is 5.33. The van der Waals surface area contributed by atoms with E-state index < -0.39 is 0 Å². The van der Waals surface area contributed by atoms with Crippen LogP contribution in [-0.4, -0.2) is 19.0 Å². The molecule has 0 aliphatic heterocycles. The van der Waals surface area contributed by atoms with Gasteiger partial charge in [-0.25, -0.2) is 0 Å². The Hall–Kier alpha value is -2.82. The molecule has 3 aromatic rings. The Balaban J connectivity index is 1.98. The standard InChI is InChI=1S/C24H23N/c1-19-8-7-11-22(15-12-20-9-5-4-6-10-20)24(19)23-16-13-21(14-17-23)18-25(2)3/h4-11,13-14,16-17H,18H2,1-3H3. The highest BCUT2D eigenvalue weighted by molar-refractivity contribution is 5.74. The van der Waals surface area contributed by atoms with Crippen molar-refractivity contribution in [2.45, 2.75) is 13.5 Å². The number of aryl methyl sites for hydroxylation is 1. The van der Waals surface area contributed by atoms with E-state index in [1.165, 1.54) is 22.3 Å². The number of rotatable bonds is 3. The van der Waals surface area contributed by atoms with Gasteiger partial charge in [-0.15, -0.1) is 0 Å². The van der Waals surface area contributed by atoms with Crippen molar-refractivity contribution in [2.75, 3.05) is 14.1 Å². The van der Waals surface area contributed by atoms with E-state index in [0.29, 0.717) is 0 Å². The SMILES string of the molecule is Cc1cccc(C#Cc2ccccc2)c1-c1ccc(CN(C)C)cc1. The Morgan fingerprint density at radius 3 is 2.16 bits per heavy atom. The average Bonchev–Trinajstić information content (AvgIpc) is 2.61. The van der Waals surface area contributed by atoms with E-state index in [0.717, 1.165) is 17.7 Å². The average molecular weight is 325 g/mol. The molecular formula is C24H23N. The summed E-state index contributed by atoms with van der Waals surface area (Å²) in [5.41, 5.74) is 7.13. The largest absolute Gasteiger partial charge is 0.305 e. The van der Waals surface area contributed by atoms with Crippen LogP contribution < -0.4 is 0 Å². The highest BCUT2D eigenvalue weighted by Crippen LogP contribution is 2.27. The van der Waals surface area contributed by atoms with Crippen LogP contribution >= 0.6 is 0 Å². The van der Waals surface area contributed by atoms with E-state index in [9.17, 15) is 0 Å². The molecule has 0 amide bonds. The maximum Gasteiger partial charge on any atom is 0.0330 e. The molecule has 0 bridgehead atoms. The summed E-state index contributed by atoms with van der Waals surface area (Å²) in [5.74, 6) is 6.64. The van der Waals surface area contributed by atoms with Gasteiger partial charge < -0.3 is 4.90 Å². The minimum Gasteiger partial charge on any atom is -0.305 e. The molecule has 25 heavy (non-hydrogen) atoms. The van der Waals surface area contributed by atoms with Crippen molar-refractivity contribution in [3.63, 3.8) is 0 Å². The maximum absolute atomic E-state index is 3.36. The molecule has 0 N–H and O–H groups in total. The molecule has 124 valence electrons.